The van der Waals surface area contributed by atoms with Crippen molar-refractivity contribution in [1.29, 1.82) is 0 Å². The van der Waals surface area contributed by atoms with E-state index in [0.29, 0.717) is 0 Å². The average molecular weight is 192 g/mol. The zero-order chi connectivity index (χ0) is 9.97. The first-order valence-corrected chi connectivity index (χ1v) is 5.14. The van der Waals surface area contributed by atoms with E-state index in [1.165, 1.54) is 0 Å². The normalized spacial score (nSPS) is 26.4. The second-order valence-corrected chi connectivity index (χ2v) is 3.91. The topological polar surface area (TPSA) is 45.1 Å². The number of anilines is 1. The fourth-order valence-corrected chi connectivity index (χ4v) is 1.92. The molecule has 2 unspecified atom stereocenters. The summed E-state index contributed by atoms with van der Waals surface area (Å²) in [4.78, 5) is 4.35. The van der Waals surface area contributed by atoms with E-state index in [0.717, 1.165) is 30.8 Å². The van der Waals surface area contributed by atoms with Crippen molar-refractivity contribution >= 4 is 5.82 Å². The summed E-state index contributed by atoms with van der Waals surface area (Å²) < 4.78 is 0. The highest BCUT2D eigenvalue weighted by atomic mass is 16.3. The minimum absolute atomic E-state index is 0.185. The number of rotatable bonds is 2. The maximum Gasteiger partial charge on any atom is 0.126 e. The molecule has 0 amide bonds. The first-order chi connectivity index (χ1) is 6.75. The van der Waals surface area contributed by atoms with Gasteiger partial charge >= 0.3 is 0 Å². The van der Waals surface area contributed by atoms with Crippen LogP contribution in [0.15, 0.2) is 18.2 Å². The van der Waals surface area contributed by atoms with Gasteiger partial charge in [-0.3, -0.25) is 0 Å². The maximum atomic E-state index is 9.63. The SMILES string of the molecule is Cc1cccc(NC2CCCC2O)n1. The molecular formula is C11H16N2O. The molecule has 2 rings (SSSR count). The standard InChI is InChI=1S/C11H16N2O/c1-8-4-2-7-11(12-8)13-9-5-3-6-10(9)14/h2,4,7,9-10,14H,3,5-6H2,1H3,(H,12,13). The summed E-state index contributed by atoms with van der Waals surface area (Å²) in [6.07, 6.45) is 2.84. The molecular weight excluding hydrogens is 176 g/mol. The molecule has 76 valence electrons. The molecule has 0 spiro atoms. The lowest BCUT2D eigenvalue weighted by Gasteiger charge is -2.16. The van der Waals surface area contributed by atoms with Crippen LogP contribution in [0.25, 0.3) is 0 Å². The van der Waals surface area contributed by atoms with E-state index in [1.807, 2.05) is 25.1 Å². The summed E-state index contributed by atoms with van der Waals surface area (Å²) in [7, 11) is 0. The first-order valence-electron chi connectivity index (χ1n) is 5.14. The molecule has 1 fully saturated rings. The molecule has 1 aromatic rings. The highest BCUT2D eigenvalue weighted by Gasteiger charge is 2.24. The molecule has 0 aliphatic heterocycles. The summed E-state index contributed by atoms with van der Waals surface area (Å²) in [6, 6.07) is 6.07. The van der Waals surface area contributed by atoms with Crippen molar-refractivity contribution in [3.63, 3.8) is 0 Å². The van der Waals surface area contributed by atoms with E-state index in [2.05, 4.69) is 10.3 Å². The molecule has 2 N–H and O–H groups in total. The van der Waals surface area contributed by atoms with Crippen molar-refractivity contribution in [2.45, 2.75) is 38.3 Å². The van der Waals surface area contributed by atoms with Crippen LogP contribution >= 0.6 is 0 Å². The van der Waals surface area contributed by atoms with Crippen LogP contribution in [0, 0.1) is 6.92 Å². The van der Waals surface area contributed by atoms with Crippen LogP contribution in [0.5, 0.6) is 0 Å². The minimum Gasteiger partial charge on any atom is -0.391 e. The zero-order valence-electron chi connectivity index (χ0n) is 8.40. The number of hydrogen-bond donors (Lipinski definition) is 2. The highest BCUT2D eigenvalue weighted by molar-refractivity contribution is 5.36. The van der Waals surface area contributed by atoms with Gasteiger partial charge in [0.2, 0.25) is 0 Å². The van der Waals surface area contributed by atoms with Crippen LogP contribution < -0.4 is 5.32 Å². The van der Waals surface area contributed by atoms with Crippen LogP contribution in [0.2, 0.25) is 0 Å². The molecule has 0 aromatic carbocycles. The van der Waals surface area contributed by atoms with Crippen LogP contribution in [-0.2, 0) is 0 Å². The second-order valence-electron chi connectivity index (χ2n) is 3.91. The van der Waals surface area contributed by atoms with Gasteiger partial charge in [0.05, 0.1) is 12.1 Å². The summed E-state index contributed by atoms with van der Waals surface area (Å²) in [5.74, 6) is 0.871. The Labute approximate surface area is 84.2 Å². The van der Waals surface area contributed by atoms with Gasteiger partial charge in [0.1, 0.15) is 5.82 Å². The predicted molar refractivity (Wildman–Crippen MR) is 56.2 cm³/mol. The molecule has 0 saturated heterocycles. The number of aryl methyl sites for hydroxylation is 1. The Morgan fingerprint density at radius 2 is 2.29 bits per heavy atom. The molecule has 14 heavy (non-hydrogen) atoms. The number of aromatic nitrogens is 1. The molecule has 1 saturated carbocycles. The van der Waals surface area contributed by atoms with Crippen LogP contribution in [0.3, 0.4) is 0 Å². The molecule has 1 aliphatic rings. The van der Waals surface area contributed by atoms with Crippen molar-refractivity contribution in [2.75, 3.05) is 5.32 Å². The fourth-order valence-electron chi connectivity index (χ4n) is 1.92. The largest absolute Gasteiger partial charge is 0.391 e. The summed E-state index contributed by atoms with van der Waals surface area (Å²) in [5.41, 5.74) is 1.00. The molecule has 0 radical (unpaired) electrons. The Balaban J connectivity index is 2.03. The smallest absolute Gasteiger partial charge is 0.126 e. The first kappa shape index (κ1) is 9.46. The third kappa shape index (κ3) is 2.04. The van der Waals surface area contributed by atoms with Crippen LogP contribution in [0.1, 0.15) is 25.0 Å². The van der Waals surface area contributed by atoms with Crippen molar-refractivity contribution in [3.8, 4) is 0 Å². The van der Waals surface area contributed by atoms with Crippen molar-refractivity contribution in [1.82, 2.24) is 4.98 Å². The Bertz CT molecular complexity index is 314. The highest BCUT2D eigenvalue weighted by Crippen LogP contribution is 2.22. The molecule has 0 bridgehead atoms. The van der Waals surface area contributed by atoms with Gasteiger partial charge in [0.15, 0.2) is 0 Å². The quantitative estimate of drug-likeness (QED) is 0.750. The number of nitrogens with one attached hydrogen (secondary N) is 1. The van der Waals surface area contributed by atoms with Crippen LogP contribution in [0.4, 0.5) is 5.82 Å². The maximum absolute atomic E-state index is 9.63. The summed E-state index contributed by atoms with van der Waals surface area (Å²) in [6.45, 7) is 1.97. The van der Waals surface area contributed by atoms with E-state index in [-0.39, 0.29) is 12.1 Å². The molecule has 1 aromatic heterocycles. The van der Waals surface area contributed by atoms with Crippen molar-refractivity contribution < 1.29 is 5.11 Å². The number of aliphatic hydroxyl groups excluding tert-OH is 1. The molecule has 3 nitrogen and oxygen atoms in total. The van der Waals surface area contributed by atoms with Crippen molar-refractivity contribution in [3.05, 3.63) is 23.9 Å². The lowest BCUT2D eigenvalue weighted by atomic mass is 10.2. The fraction of sp³-hybridized carbons (Fsp3) is 0.545. The predicted octanol–water partition coefficient (Wildman–Crippen LogP) is 1.72. The lowest BCUT2D eigenvalue weighted by molar-refractivity contribution is 0.171. The summed E-state index contributed by atoms with van der Waals surface area (Å²) in [5, 5.41) is 12.9. The third-order valence-electron chi connectivity index (χ3n) is 2.70. The Hall–Kier alpha value is -1.09. The Morgan fingerprint density at radius 3 is 2.93 bits per heavy atom. The second kappa shape index (κ2) is 3.96. The van der Waals surface area contributed by atoms with Crippen LogP contribution in [-0.4, -0.2) is 22.2 Å². The van der Waals surface area contributed by atoms with E-state index >= 15 is 0 Å². The van der Waals surface area contributed by atoms with Gasteiger partial charge in [-0.1, -0.05) is 6.07 Å². The zero-order valence-corrected chi connectivity index (χ0v) is 8.40. The third-order valence-corrected chi connectivity index (χ3v) is 2.70. The van der Waals surface area contributed by atoms with E-state index in [1.54, 1.807) is 0 Å². The average Bonchev–Trinajstić information content (AvgIpc) is 2.52. The van der Waals surface area contributed by atoms with Gasteiger partial charge in [-0.2, -0.15) is 0 Å². The molecule has 3 heteroatoms. The monoisotopic (exact) mass is 192 g/mol. The van der Waals surface area contributed by atoms with Crippen molar-refractivity contribution in [2.24, 2.45) is 0 Å². The van der Waals surface area contributed by atoms with E-state index in [9.17, 15) is 5.11 Å². The number of nitrogens with zero attached hydrogens (tertiary/aromatic N) is 1. The minimum atomic E-state index is -0.211. The van der Waals surface area contributed by atoms with Gasteiger partial charge in [-0.25, -0.2) is 4.98 Å². The van der Waals surface area contributed by atoms with Gasteiger partial charge in [-0.15, -0.1) is 0 Å². The number of aliphatic hydroxyl groups is 1. The Kier molecular flexibility index (Phi) is 2.68. The molecule has 2 atom stereocenters. The van der Waals surface area contributed by atoms with Gasteiger partial charge in [0.25, 0.3) is 0 Å². The van der Waals surface area contributed by atoms with Gasteiger partial charge < -0.3 is 10.4 Å². The molecule has 1 aliphatic carbocycles. The molecule has 1 heterocycles. The number of hydrogen-bond acceptors (Lipinski definition) is 3. The lowest BCUT2D eigenvalue weighted by Crippen LogP contribution is -2.28. The van der Waals surface area contributed by atoms with E-state index in [4.69, 9.17) is 0 Å². The van der Waals surface area contributed by atoms with E-state index < -0.39 is 0 Å². The number of pyridine rings is 1. The van der Waals surface area contributed by atoms with Gasteiger partial charge in [0, 0.05) is 5.69 Å². The van der Waals surface area contributed by atoms with Gasteiger partial charge in [-0.05, 0) is 38.3 Å². The summed E-state index contributed by atoms with van der Waals surface area (Å²) >= 11 is 0. The Morgan fingerprint density at radius 1 is 1.43 bits per heavy atom.